The van der Waals surface area contributed by atoms with E-state index >= 15 is 0 Å². The highest BCUT2D eigenvalue weighted by atomic mass is 19.4. The van der Waals surface area contributed by atoms with Crippen molar-refractivity contribution in [3.05, 3.63) is 29.8 Å². The number of halogens is 3. The number of anilines is 1. The van der Waals surface area contributed by atoms with E-state index in [1.165, 1.54) is 0 Å². The minimum absolute atomic E-state index is 0.0543. The maximum atomic E-state index is 12.5. The Morgan fingerprint density at radius 3 is 2.17 bits per heavy atom. The molecule has 2 amide bonds. The van der Waals surface area contributed by atoms with Crippen LogP contribution < -0.4 is 10.2 Å². The molecule has 3 fully saturated rings. The van der Waals surface area contributed by atoms with E-state index in [2.05, 4.69) is 5.32 Å². The molecule has 0 radical (unpaired) electrons. The van der Waals surface area contributed by atoms with Crippen LogP contribution in [0.5, 0.6) is 0 Å². The number of fused-ring (bicyclic) bond motifs is 1. The molecule has 3 aliphatic rings. The van der Waals surface area contributed by atoms with Crippen LogP contribution >= 0.6 is 0 Å². The number of rotatable bonds is 3. The van der Waals surface area contributed by atoms with E-state index in [1.54, 1.807) is 4.90 Å². The number of carbonyl (C=O) groups excluding carboxylic acids is 1. The lowest BCUT2D eigenvalue weighted by Gasteiger charge is -2.28. The molecule has 2 heterocycles. The standard InChI is InChI=1S/C16H19N3O3.C2HF3O2/c20-14(21)16(5-6-16)11-1-3-12(4-2-11)19-10-13-9-17-7-8-18(13)15(19)22;3-2(4,5)1(6)7/h1-4,13,17H,5-10H2,(H,20,21);(H,6,7)/t13-;/m0./s1. The molecule has 158 valence electrons. The van der Waals surface area contributed by atoms with E-state index < -0.39 is 23.5 Å². The summed E-state index contributed by atoms with van der Waals surface area (Å²) < 4.78 is 31.7. The topological polar surface area (TPSA) is 110 Å². The first-order chi connectivity index (χ1) is 13.6. The Hall–Kier alpha value is -2.82. The highest BCUT2D eigenvalue weighted by Crippen LogP contribution is 2.48. The van der Waals surface area contributed by atoms with Crippen molar-refractivity contribution in [2.75, 3.05) is 31.1 Å². The van der Waals surface area contributed by atoms with Gasteiger partial charge in [0.2, 0.25) is 0 Å². The second-order valence-corrected chi connectivity index (χ2v) is 7.18. The van der Waals surface area contributed by atoms with E-state index in [0.29, 0.717) is 19.4 Å². The highest BCUT2D eigenvalue weighted by molar-refractivity contribution is 5.95. The minimum atomic E-state index is -5.08. The van der Waals surface area contributed by atoms with Crippen molar-refractivity contribution in [2.24, 2.45) is 0 Å². The first kappa shape index (κ1) is 20.9. The second-order valence-electron chi connectivity index (χ2n) is 7.18. The van der Waals surface area contributed by atoms with Crippen LogP contribution in [0.3, 0.4) is 0 Å². The van der Waals surface area contributed by atoms with Crippen molar-refractivity contribution in [1.29, 1.82) is 0 Å². The summed E-state index contributed by atoms with van der Waals surface area (Å²) in [6.45, 7) is 3.12. The summed E-state index contributed by atoms with van der Waals surface area (Å²) in [6, 6.07) is 7.76. The molecule has 0 unspecified atom stereocenters. The third-order valence-electron chi connectivity index (χ3n) is 5.35. The van der Waals surface area contributed by atoms with Crippen molar-refractivity contribution in [3.63, 3.8) is 0 Å². The van der Waals surface area contributed by atoms with E-state index in [-0.39, 0.29) is 12.1 Å². The summed E-state index contributed by atoms with van der Waals surface area (Å²) in [5.74, 6) is -3.51. The van der Waals surface area contributed by atoms with Crippen molar-refractivity contribution < 1.29 is 37.8 Å². The molecule has 2 aliphatic heterocycles. The van der Waals surface area contributed by atoms with Gasteiger partial charge in [-0.25, -0.2) is 9.59 Å². The van der Waals surface area contributed by atoms with Crippen molar-refractivity contribution in [1.82, 2.24) is 10.2 Å². The van der Waals surface area contributed by atoms with E-state index in [0.717, 1.165) is 30.9 Å². The smallest absolute Gasteiger partial charge is 0.481 e. The Bertz CT molecular complexity index is 808. The lowest BCUT2D eigenvalue weighted by molar-refractivity contribution is -0.192. The number of hydrogen-bond acceptors (Lipinski definition) is 4. The van der Waals surface area contributed by atoms with Crippen LogP contribution in [0.25, 0.3) is 0 Å². The number of nitrogens with zero attached hydrogens (tertiary/aromatic N) is 2. The van der Waals surface area contributed by atoms with Gasteiger partial charge in [0.05, 0.1) is 11.5 Å². The Kier molecular flexibility index (Phi) is 5.44. The highest BCUT2D eigenvalue weighted by Gasteiger charge is 2.51. The van der Waals surface area contributed by atoms with Crippen LogP contribution in [0.1, 0.15) is 18.4 Å². The number of benzene rings is 1. The molecule has 2 saturated heterocycles. The van der Waals surface area contributed by atoms with Crippen LogP contribution in [0.15, 0.2) is 24.3 Å². The van der Waals surface area contributed by atoms with Crippen LogP contribution in [0, 0.1) is 0 Å². The summed E-state index contributed by atoms with van der Waals surface area (Å²) >= 11 is 0. The van der Waals surface area contributed by atoms with Gasteiger partial charge in [-0.2, -0.15) is 13.2 Å². The normalized spacial score (nSPS) is 22.4. The molecule has 1 aromatic rings. The van der Waals surface area contributed by atoms with Crippen LogP contribution in [0.4, 0.5) is 23.7 Å². The van der Waals surface area contributed by atoms with Gasteiger partial charge in [0.25, 0.3) is 0 Å². The average Bonchev–Trinajstić information content (AvgIpc) is 3.42. The molecule has 4 rings (SSSR count). The fourth-order valence-corrected chi connectivity index (χ4v) is 3.55. The number of hydrogen-bond donors (Lipinski definition) is 3. The Balaban J connectivity index is 0.000000298. The fourth-order valence-electron chi connectivity index (χ4n) is 3.55. The van der Waals surface area contributed by atoms with Gasteiger partial charge in [-0.3, -0.25) is 9.69 Å². The SMILES string of the molecule is O=C(O)C(F)(F)F.O=C1N(c2ccc(C3(C(=O)O)CC3)cc2)C[C@@H]2CNCCN12. The largest absolute Gasteiger partial charge is 0.490 e. The number of alkyl halides is 3. The first-order valence-electron chi connectivity index (χ1n) is 8.99. The maximum absolute atomic E-state index is 12.5. The van der Waals surface area contributed by atoms with E-state index in [9.17, 15) is 27.9 Å². The minimum Gasteiger partial charge on any atom is -0.481 e. The lowest BCUT2D eigenvalue weighted by Crippen LogP contribution is -2.49. The van der Waals surface area contributed by atoms with Gasteiger partial charge in [-0.1, -0.05) is 12.1 Å². The van der Waals surface area contributed by atoms with Crippen molar-refractivity contribution in [3.8, 4) is 0 Å². The summed E-state index contributed by atoms with van der Waals surface area (Å²) in [5.41, 5.74) is 1.01. The van der Waals surface area contributed by atoms with Crippen LogP contribution in [0.2, 0.25) is 0 Å². The molecule has 29 heavy (non-hydrogen) atoms. The molecule has 1 aliphatic carbocycles. The van der Waals surface area contributed by atoms with Gasteiger partial charge in [-0.05, 0) is 30.5 Å². The number of nitrogens with one attached hydrogen (secondary N) is 1. The van der Waals surface area contributed by atoms with Gasteiger partial charge in [-0.15, -0.1) is 0 Å². The summed E-state index contributed by atoms with van der Waals surface area (Å²) in [5, 5.41) is 19.8. The molecular formula is C18H20F3N3O5. The molecule has 1 aromatic carbocycles. The summed E-state index contributed by atoms with van der Waals surface area (Å²) in [7, 11) is 0. The van der Waals surface area contributed by atoms with Crippen molar-refractivity contribution in [2.45, 2.75) is 30.5 Å². The van der Waals surface area contributed by atoms with Gasteiger partial charge in [0, 0.05) is 31.9 Å². The molecule has 1 saturated carbocycles. The number of piperazine rings is 1. The second kappa shape index (κ2) is 7.54. The van der Waals surface area contributed by atoms with Gasteiger partial charge in [0.15, 0.2) is 0 Å². The number of urea groups is 1. The average molecular weight is 415 g/mol. The van der Waals surface area contributed by atoms with E-state index in [1.807, 2.05) is 29.2 Å². The van der Waals surface area contributed by atoms with Gasteiger partial charge >= 0.3 is 24.1 Å². The molecule has 0 bridgehead atoms. The predicted octanol–water partition coefficient (Wildman–Crippen LogP) is 1.65. The number of carboxylic acid groups (broad SMARTS) is 2. The molecule has 0 spiro atoms. The molecule has 8 nitrogen and oxygen atoms in total. The van der Waals surface area contributed by atoms with Crippen LogP contribution in [-0.2, 0) is 15.0 Å². The van der Waals surface area contributed by atoms with Gasteiger partial charge < -0.3 is 20.4 Å². The number of carbonyl (C=O) groups is 3. The number of amides is 2. The third kappa shape index (κ3) is 4.14. The maximum Gasteiger partial charge on any atom is 0.490 e. The summed E-state index contributed by atoms with van der Waals surface area (Å²) in [4.78, 5) is 36.5. The molecule has 3 N–H and O–H groups in total. The zero-order chi connectivity index (χ0) is 21.4. The first-order valence-corrected chi connectivity index (χ1v) is 8.99. The Morgan fingerprint density at radius 1 is 1.14 bits per heavy atom. The number of carboxylic acids is 2. The Labute approximate surface area is 163 Å². The predicted molar refractivity (Wildman–Crippen MR) is 94.8 cm³/mol. The molecule has 11 heteroatoms. The zero-order valence-electron chi connectivity index (χ0n) is 15.3. The van der Waals surface area contributed by atoms with E-state index in [4.69, 9.17) is 9.90 Å². The zero-order valence-corrected chi connectivity index (χ0v) is 15.3. The third-order valence-corrected chi connectivity index (χ3v) is 5.35. The molecule has 1 atom stereocenters. The van der Waals surface area contributed by atoms with Gasteiger partial charge in [0.1, 0.15) is 0 Å². The lowest BCUT2D eigenvalue weighted by atomic mass is 9.96. The monoisotopic (exact) mass is 415 g/mol. The summed E-state index contributed by atoms with van der Waals surface area (Å²) in [6.07, 6.45) is -3.68. The van der Waals surface area contributed by atoms with Crippen LogP contribution in [-0.4, -0.2) is 71.5 Å². The van der Waals surface area contributed by atoms with Crippen molar-refractivity contribution >= 4 is 23.7 Å². The Morgan fingerprint density at radius 2 is 1.72 bits per heavy atom. The number of aliphatic carboxylic acids is 2. The quantitative estimate of drug-likeness (QED) is 0.693. The molecular weight excluding hydrogens is 395 g/mol. The fraction of sp³-hybridized carbons (Fsp3) is 0.500. The molecule has 0 aromatic heterocycles.